The molecule has 19 heavy (non-hydrogen) atoms. The minimum absolute atomic E-state index is 0.0339. The van der Waals surface area contributed by atoms with Gasteiger partial charge in [-0.2, -0.15) is 0 Å². The van der Waals surface area contributed by atoms with Crippen molar-refractivity contribution in [2.75, 3.05) is 13.7 Å². The summed E-state index contributed by atoms with van der Waals surface area (Å²) >= 11 is 3.16. The van der Waals surface area contributed by atoms with E-state index in [1.165, 1.54) is 16.2 Å². The maximum atomic E-state index is 12.0. The number of hydrogen-bond donors (Lipinski definition) is 1. The van der Waals surface area contributed by atoms with E-state index in [-0.39, 0.29) is 12.0 Å². The molecular weight excluding hydrogens is 278 g/mol. The highest BCUT2D eigenvalue weighted by Gasteiger charge is 2.15. The molecule has 2 rings (SSSR count). The van der Waals surface area contributed by atoms with Gasteiger partial charge in [-0.1, -0.05) is 0 Å². The van der Waals surface area contributed by atoms with Crippen molar-refractivity contribution >= 4 is 28.6 Å². The molecule has 0 aliphatic rings. The zero-order chi connectivity index (χ0) is 13.8. The maximum Gasteiger partial charge on any atom is 0.261 e. The molecule has 1 atom stereocenters. The first-order chi connectivity index (χ1) is 9.10. The lowest BCUT2D eigenvalue weighted by molar-refractivity contribution is 0.0841. The van der Waals surface area contributed by atoms with Crippen molar-refractivity contribution in [3.05, 3.63) is 43.8 Å². The summed E-state index contributed by atoms with van der Waals surface area (Å²) in [5, 5.41) is 4.90. The van der Waals surface area contributed by atoms with Gasteiger partial charge in [0, 0.05) is 23.4 Å². The molecule has 0 aliphatic carbocycles. The smallest absolute Gasteiger partial charge is 0.261 e. The van der Waals surface area contributed by atoms with E-state index in [4.69, 9.17) is 4.74 Å². The molecular formula is C14H17NO2S2. The maximum absolute atomic E-state index is 12.0. The largest absolute Gasteiger partial charge is 0.374 e. The van der Waals surface area contributed by atoms with Crippen molar-refractivity contribution in [3.8, 4) is 0 Å². The number of rotatable bonds is 5. The van der Waals surface area contributed by atoms with Crippen LogP contribution in [0.25, 0.3) is 0 Å². The second kappa shape index (κ2) is 6.32. The molecule has 1 amide bonds. The van der Waals surface area contributed by atoms with Crippen LogP contribution in [0.5, 0.6) is 0 Å². The number of thiophene rings is 2. The van der Waals surface area contributed by atoms with Gasteiger partial charge in [0.15, 0.2) is 0 Å². The molecule has 1 N–H and O–H groups in total. The van der Waals surface area contributed by atoms with Crippen LogP contribution in [-0.4, -0.2) is 19.6 Å². The molecule has 0 aliphatic heterocycles. The summed E-state index contributed by atoms with van der Waals surface area (Å²) in [4.78, 5) is 15.1. The third-order valence-electron chi connectivity index (χ3n) is 2.77. The summed E-state index contributed by atoms with van der Waals surface area (Å²) in [5.41, 5.74) is 1.12. The van der Waals surface area contributed by atoms with E-state index in [1.807, 2.05) is 18.4 Å². The number of hydrogen-bond acceptors (Lipinski definition) is 4. The molecule has 3 nitrogen and oxygen atoms in total. The minimum atomic E-state index is -0.0799. The first-order valence-electron chi connectivity index (χ1n) is 6.02. The zero-order valence-corrected chi connectivity index (χ0v) is 12.9. The number of nitrogens with one attached hydrogen (secondary N) is 1. The molecule has 5 heteroatoms. The minimum Gasteiger partial charge on any atom is -0.374 e. The van der Waals surface area contributed by atoms with E-state index in [9.17, 15) is 4.79 Å². The summed E-state index contributed by atoms with van der Waals surface area (Å²) < 4.78 is 5.44. The fourth-order valence-corrected chi connectivity index (χ4v) is 3.52. The van der Waals surface area contributed by atoms with E-state index in [2.05, 4.69) is 24.4 Å². The van der Waals surface area contributed by atoms with Crippen LogP contribution < -0.4 is 5.32 Å². The zero-order valence-electron chi connectivity index (χ0n) is 11.2. The molecule has 2 aromatic rings. The Bertz CT molecular complexity index is 559. The van der Waals surface area contributed by atoms with E-state index in [0.29, 0.717) is 6.54 Å². The van der Waals surface area contributed by atoms with E-state index >= 15 is 0 Å². The van der Waals surface area contributed by atoms with Gasteiger partial charge >= 0.3 is 0 Å². The summed E-state index contributed by atoms with van der Waals surface area (Å²) in [6, 6.07) is 6.02. The van der Waals surface area contributed by atoms with E-state index < -0.39 is 0 Å². The van der Waals surface area contributed by atoms with Crippen molar-refractivity contribution in [1.82, 2.24) is 5.32 Å². The van der Waals surface area contributed by atoms with Gasteiger partial charge in [-0.3, -0.25) is 4.79 Å². The fraction of sp³-hybridized carbons (Fsp3) is 0.357. The Labute approximate surface area is 121 Å². The first kappa shape index (κ1) is 14.2. The van der Waals surface area contributed by atoms with Gasteiger partial charge in [0.05, 0.1) is 4.88 Å². The Kier molecular flexibility index (Phi) is 4.74. The van der Waals surface area contributed by atoms with Crippen molar-refractivity contribution in [1.29, 1.82) is 0 Å². The topological polar surface area (TPSA) is 38.3 Å². The quantitative estimate of drug-likeness (QED) is 0.916. The lowest BCUT2D eigenvalue weighted by Crippen LogP contribution is -2.28. The Morgan fingerprint density at radius 2 is 2.21 bits per heavy atom. The molecule has 0 saturated carbocycles. The van der Waals surface area contributed by atoms with Gasteiger partial charge in [0.25, 0.3) is 5.91 Å². The van der Waals surface area contributed by atoms with Gasteiger partial charge in [-0.25, -0.2) is 0 Å². The van der Waals surface area contributed by atoms with Gasteiger partial charge in [-0.15, -0.1) is 22.7 Å². The van der Waals surface area contributed by atoms with Crippen LogP contribution in [0.2, 0.25) is 0 Å². The monoisotopic (exact) mass is 295 g/mol. The highest BCUT2D eigenvalue weighted by molar-refractivity contribution is 7.12. The predicted molar refractivity (Wildman–Crippen MR) is 80.2 cm³/mol. The van der Waals surface area contributed by atoms with Gasteiger partial charge < -0.3 is 10.1 Å². The Hall–Kier alpha value is -1.17. The van der Waals surface area contributed by atoms with Crippen LogP contribution in [0.4, 0.5) is 0 Å². The molecule has 1 unspecified atom stereocenters. The Balaban J connectivity index is 1.95. The molecule has 0 spiro atoms. The van der Waals surface area contributed by atoms with Gasteiger partial charge in [0.2, 0.25) is 0 Å². The van der Waals surface area contributed by atoms with E-state index in [0.717, 1.165) is 15.3 Å². The van der Waals surface area contributed by atoms with Crippen LogP contribution in [0.1, 0.15) is 31.1 Å². The standard InChI is InChI=1S/C14H17NO2S2/c1-9-6-13(18-8-9)14(16)15-7-11(17-3)12-5-4-10(2)19-12/h4-6,8,11H,7H2,1-3H3,(H,15,16). The van der Waals surface area contributed by atoms with Gasteiger partial charge in [-0.05, 0) is 43.0 Å². The Morgan fingerprint density at radius 3 is 2.74 bits per heavy atom. The lowest BCUT2D eigenvalue weighted by Gasteiger charge is -2.14. The average molecular weight is 295 g/mol. The molecule has 102 valence electrons. The molecule has 0 saturated heterocycles. The van der Waals surface area contributed by atoms with Crippen LogP contribution in [0.15, 0.2) is 23.6 Å². The van der Waals surface area contributed by atoms with Crippen LogP contribution >= 0.6 is 22.7 Å². The third-order valence-corrected chi connectivity index (χ3v) is 4.90. The number of aryl methyl sites for hydroxylation is 2. The summed E-state index contributed by atoms with van der Waals surface area (Å²) in [7, 11) is 1.67. The van der Waals surface area contributed by atoms with E-state index in [1.54, 1.807) is 18.4 Å². The SMILES string of the molecule is COC(CNC(=O)c1cc(C)cs1)c1ccc(C)s1. The Morgan fingerprint density at radius 1 is 1.42 bits per heavy atom. The lowest BCUT2D eigenvalue weighted by atomic mass is 10.2. The second-order valence-corrected chi connectivity index (χ2v) is 6.60. The van der Waals surface area contributed by atoms with Crippen molar-refractivity contribution in [3.63, 3.8) is 0 Å². The normalized spacial score (nSPS) is 12.4. The molecule has 0 aromatic carbocycles. The molecule has 2 heterocycles. The number of methoxy groups -OCH3 is 1. The number of carbonyl (C=O) groups is 1. The van der Waals surface area contributed by atoms with Crippen molar-refractivity contribution < 1.29 is 9.53 Å². The van der Waals surface area contributed by atoms with Gasteiger partial charge in [0.1, 0.15) is 6.10 Å². The second-order valence-electron chi connectivity index (χ2n) is 4.37. The summed E-state index contributed by atoms with van der Waals surface area (Å²) in [6.45, 7) is 4.54. The van der Waals surface area contributed by atoms with Crippen molar-refractivity contribution in [2.24, 2.45) is 0 Å². The van der Waals surface area contributed by atoms with Crippen LogP contribution in [0, 0.1) is 13.8 Å². The van der Waals surface area contributed by atoms with Crippen molar-refractivity contribution in [2.45, 2.75) is 20.0 Å². The highest BCUT2D eigenvalue weighted by atomic mass is 32.1. The third kappa shape index (κ3) is 3.65. The first-order valence-corrected chi connectivity index (χ1v) is 7.72. The highest BCUT2D eigenvalue weighted by Crippen LogP contribution is 2.24. The van der Waals surface area contributed by atoms with Crippen LogP contribution in [0.3, 0.4) is 0 Å². The average Bonchev–Trinajstić information content (AvgIpc) is 2.99. The number of carbonyl (C=O) groups excluding carboxylic acids is 1. The summed E-state index contributed by atoms with van der Waals surface area (Å²) in [5.74, 6) is -0.0339. The molecule has 0 fully saturated rings. The fourth-order valence-electron chi connectivity index (χ4n) is 1.75. The molecule has 2 aromatic heterocycles. The molecule has 0 radical (unpaired) electrons. The van der Waals surface area contributed by atoms with Crippen LogP contribution in [-0.2, 0) is 4.74 Å². The predicted octanol–water partition coefficient (Wildman–Crippen LogP) is 3.54. The number of ether oxygens (including phenoxy) is 1. The molecule has 0 bridgehead atoms. The summed E-state index contributed by atoms with van der Waals surface area (Å²) in [6.07, 6.45) is -0.0799. The number of amides is 1.